The summed E-state index contributed by atoms with van der Waals surface area (Å²) in [4.78, 5) is 60.5. The summed E-state index contributed by atoms with van der Waals surface area (Å²) in [5.74, 6) is 4.54. The van der Waals surface area contributed by atoms with E-state index in [2.05, 4.69) is 31.2 Å². The zero-order chi connectivity index (χ0) is 42.0. The largest absolute Gasteiger partial charge is 0.326 e. The predicted octanol–water partition coefficient (Wildman–Crippen LogP) is 11.4. The van der Waals surface area contributed by atoms with Crippen molar-refractivity contribution < 1.29 is 19.2 Å². The smallest absolute Gasteiger partial charge is 0.257 e. The summed E-state index contributed by atoms with van der Waals surface area (Å²) in [6, 6.07) is 29.9. The van der Waals surface area contributed by atoms with E-state index in [-0.39, 0.29) is 34.5 Å². The molecular weight excluding hydrogens is 813 g/mol. The van der Waals surface area contributed by atoms with Crippen LogP contribution in [0.1, 0.15) is 97.8 Å². The molecule has 0 radical (unpaired) electrons. The molecule has 4 aromatic carbocycles. The van der Waals surface area contributed by atoms with Crippen molar-refractivity contribution in [1.82, 2.24) is 9.97 Å². The summed E-state index contributed by atoms with van der Waals surface area (Å²) >= 11 is 2.85. The fourth-order valence-corrected chi connectivity index (χ4v) is 14.7. The Morgan fingerprint density at radius 1 is 0.452 bits per heavy atom. The Balaban J connectivity index is 0.000000139. The summed E-state index contributed by atoms with van der Waals surface area (Å²) in [6.07, 6.45) is 14.3. The van der Waals surface area contributed by atoms with Gasteiger partial charge < -0.3 is 10.6 Å². The van der Waals surface area contributed by atoms with Crippen LogP contribution >= 0.6 is 22.7 Å². The van der Waals surface area contributed by atoms with Gasteiger partial charge >= 0.3 is 0 Å². The Labute approximate surface area is 368 Å². The van der Waals surface area contributed by atoms with Crippen LogP contribution in [0.5, 0.6) is 0 Å². The number of fused-ring (bicyclic) bond motifs is 2. The molecule has 2 aromatic heterocycles. The molecule has 12 heteroatoms. The van der Waals surface area contributed by atoms with Crippen LogP contribution in [0.25, 0.3) is 20.4 Å². The second kappa shape index (κ2) is 15.7. The molecule has 0 saturated heterocycles. The molecule has 8 fully saturated rings. The summed E-state index contributed by atoms with van der Waals surface area (Å²) in [5.41, 5.74) is 4.16. The molecule has 0 aliphatic heterocycles. The van der Waals surface area contributed by atoms with Crippen molar-refractivity contribution >= 4 is 88.4 Å². The maximum Gasteiger partial charge on any atom is 0.257 e. The van der Waals surface area contributed by atoms with E-state index in [0.29, 0.717) is 21.4 Å². The summed E-state index contributed by atoms with van der Waals surface area (Å²) < 4.78 is 1.90. The molecule has 10 nitrogen and oxygen atoms in total. The van der Waals surface area contributed by atoms with E-state index in [1.165, 1.54) is 61.2 Å². The lowest BCUT2D eigenvalue weighted by atomic mass is 9.49. The predicted molar refractivity (Wildman–Crippen MR) is 246 cm³/mol. The number of amides is 4. The lowest BCUT2D eigenvalue weighted by molar-refractivity contribution is -0.141. The van der Waals surface area contributed by atoms with E-state index in [0.717, 1.165) is 106 Å². The number of carbonyl (C=O) groups is 4. The molecule has 0 unspecified atom stereocenters. The summed E-state index contributed by atoms with van der Waals surface area (Å²) in [5, 5.41) is 13.3. The van der Waals surface area contributed by atoms with Crippen molar-refractivity contribution in [3.63, 3.8) is 0 Å². The zero-order valence-corrected chi connectivity index (χ0v) is 36.2. The highest BCUT2D eigenvalue weighted by Crippen LogP contribution is 2.61. The molecule has 2 heterocycles. The standard InChI is InChI=1S/2C25H25N3O2S/c2*29-22(18-4-2-1-3-5-18)28-24-27-20-7-6-19(11-21(20)31-24)26-23(30)25-12-15-8-16(13-25)10-17(9-15)14-25/h2*1-7,11,15-17H,8-10,12-14H2,(H,26,30)(H,27,28,29). The SMILES string of the molecule is O=C(Nc1nc2ccc(NC(=O)C34CC5CC(CC(C5)C3)C4)cc2s1)c1ccccc1.O=C(Nc1nc2ccc(NC(=O)C34CC5CC(CC(C5)C3)C4)cc2s1)c1ccccc1. The van der Waals surface area contributed by atoms with Gasteiger partial charge in [-0.25, -0.2) is 9.97 Å². The lowest BCUT2D eigenvalue weighted by Crippen LogP contribution is -2.51. The minimum atomic E-state index is -0.171. The summed E-state index contributed by atoms with van der Waals surface area (Å²) in [7, 11) is 0. The zero-order valence-electron chi connectivity index (χ0n) is 34.5. The van der Waals surface area contributed by atoms with E-state index in [1.54, 1.807) is 24.3 Å². The molecule has 0 atom stereocenters. The summed E-state index contributed by atoms with van der Waals surface area (Å²) in [6.45, 7) is 0. The number of aromatic nitrogens is 2. The normalized spacial score (nSPS) is 28.6. The molecule has 14 rings (SSSR count). The van der Waals surface area contributed by atoms with Gasteiger partial charge in [0.05, 0.1) is 31.3 Å². The number of nitrogens with zero attached hydrogens (tertiary/aromatic N) is 2. The first kappa shape index (κ1) is 39.4. The third-order valence-electron chi connectivity index (χ3n) is 14.8. The molecule has 4 N–H and O–H groups in total. The van der Waals surface area contributed by atoms with Crippen molar-refractivity contribution in [2.24, 2.45) is 46.3 Å². The number of hydrogen-bond donors (Lipinski definition) is 4. The monoisotopic (exact) mass is 862 g/mol. The third-order valence-corrected chi connectivity index (χ3v) is 16.7. The molecule has 6 aromatic rings. The lowest BCUT2D eigenvalue weighted by Gasteiger charge is -2.55. The van der Waals surface area contributed by atoms with Gasteiger partial charge in [0.2, 0.25) is 11.8 Å². The van der Waals surface area contributed by atoms with Gasteiger partial charge in [0.1, 0.15) is 0 Å². The van der Waals surface area contributed by atoms with Gasteiger partial charge in [-0.05, 0) is 173 Å². The number of anilines is 4. The molecule has 4 amide bonds. The maximum atomic E-state index is 13.3. The quantitative estimate of drug-likeness (QED) is 0.120. The van der Waals surface area contributed by atoms with Crippen LogP contribution in [0.4, 0.5) is 21.6 Å². The molecule has 0 spiro atoms. The average molecular weight is 863 g/mol. The van der Waals surface area contributed by atoms with Gasteiger partial charge in [-0.2, -0.15) is 0 Å². The first-order valence-electron chi connectivity index (χ1n) is 22.3. The number of rotatable bonds is 8. The molecule has 8 aliphatic carbocycles. The first-order chi connectivity index (χ1) is 30.1. The van der Waals surface area contributed by atoms with Crippen LogP contribution in [0.3, 0.4) is 0 Å². The topological polar surface area (TPSA) is 142 Å². The van der Waals surface area contributed by atoms with Crippen LogP contribution in [-0.2, 0) is 9.59 Å². The van der Waals surface area contributed by atoms with Gasteiger partial charge in [-0.3, -0.25) is 29.8 Å². The molecular formula is C50H50N6O4S2. The Morgan fingerprint density at radius 2 is 0.790 bits per heavy atom. The van der Waals surface area contributed by atoms with Gasteiger partial charge in [-0.1, -0.05) is 59.1 Å². The highest BCUT2D eigenvalue weighted by molar-refractivity contribution is 7.22. The second-order valence-corrected chi connectivity index (χ2v) is 21.4. The van der Waals surface area contributed by atoms with Gasteiger partial charge in [0, 0.05) is 22.5 Å². The minimum Gasteiger partial charge on any atom is -0.326 e. The van der Waals surface area contributed by atoms with E-state index >= 15 is 0 Å². The number of thiazole rings is 2. The Bertz CT molecular complexity index is 2450. The fourth-order valence-electron chi connectivity index (χ4n) is 12.9. The first-order valence-corrected chi connectivity index (χ1v) is 23.9. The minimum absolute atomic E-state index is 0.160. The Kier molecular flexibility index (Phi) is 9.98. The van der Waals surface area contributed by atoms with Crippen LogP contribution < -0.4 is 21.3 Å². The molecule has 62 heavy (non-hydrogen) atoms. The van der Waals surface area contributed by atoms with Crippen LogP contribution in [0, 0.1) is 46.3 Å². The molecule has 8 saturated carbocycles. The molecule has 8 aliphatic rings. The van der Waals surface area contributed by atoms with Crippen LogP contribution in [0.15, 0.2) is 97.1 Å². The molecule has 316 valence electrons. The number of nitrogens with one attached hydrogen (secondary N) is 4. The fraction of sp³-hybridized carbons (Fsp3) is 0.400. The van der Waals surface area contributed by atoms with Crippen molar-refractivity contribution in [2.45, 2.75) is 77.0 Å². The molecule has 8 bridgehead atoms. The van der Waals surface area contributed by atoms with Gasteiger partial charge in [0.25, 0.3) is 11.8 Å². The second-order valence-electron chi connectivity index (χ2n) is 19.3. The third kappa shape index (κ3) is 7.69. The Morgan fingerprint density at radius 3 is 1.13 bits per heavy atom. The van der Waals surface area contributed by atoms with Crippen molar-refractivity contribution in [3.8, 4) is 0 Å². The van der Waals surface area contributed by atoms with Gasteiger partial charge in [0.15, 0.2) is 10.3 Å². The number of benzene rings is 4. The maximum absolute atomic E-state index is 13.3. The van der Waals surface area contributed by atoms with Crippen molar-refractivity contribution in [2.75, 3.05) is 21.3 Å². The highest BCUT2D eigenvalue weighted by atomic mass is 32.1. The van der Waals surface area contributed by atoms with Crippen LogP contribution in [0.2, 0.25) is 0 Å². The van der Waals surface area contributed by atoms with Gasteiger partial charge in [-0.15, -0.1) is 0 Å². The van der Waals surface area contributed by atoms with E-state index in [4.69, 9.17) is 0 Å². The van der Waals surface area contributed by atoms with Crippen LogP contribution in [-0.4, -0.2) is 33.6 Å². The van der Waals surface area contributed by atoms with E-state index in [9.17, 15) is 19.2 Å². The Hall–Kier alpha value is -5.46. The van der Waals surface area contributed by atoms with Crippen molar-refractivity contribution in [3.05, 3.63) is 108 Å². The van der Waals surface area contributed by atoms with E-state index < -0.39 is 0 Å². The highest BCUT2D eigenvalue weighted by Gasteiger charge is 2.55. The number of hydrogen-bond acceptors (Lipinski definition) is 8. The number of carbonyl (C=O) groups excluding carboxylic acids is 4. The average Bonchev–Trinajstić information content (AvgIpc) is 3.85. The van der Waals surface area contributed by atoms with Crippen molar-refractivity contribution in [1.29, 1.82) is 0 Å². The van der Waals surface area contributed by atoms with E-state index in [1.807, 2.05) is 72.8 Å².